The molecule has 0 spiro atoms. The second-order valence-corrected chi connectivity index (χ2v) is 2.69. The van der Waals surface area contributed by atoms with Crippen LogP contribution in [0.5, 0.6) is 0 Å². The van der Waals surface area contributed by atoms with Crippen molar-refractivity contribution in [2.45, 2.75) is 26.3 Å². The van der Waals surface area contributed by atoms with Crippen molar-refractivity contribution in [1.82, 2.24) is 10.1 Å². The molecule has 0 aliphatic heterocycles. The summed E-state index contributed by atoms with van der Waals surface area (Å²) in [7, 11) is 0. The molecule has 2 N–H and O–H groups in total. The van der Waals surface area contributed by atoms with Crippen LogP contribution in [0.2, 0.25) is 0 Å². The highest BCUT2D eigenvalue weighted by Gasteiger charge is 2.18. The van der Waals surface area contributed by atoms with Crippen molar-refractivity contribution in [3.8, 4) is 0 Å². The molecule has 0 bridgehead atoms. The largest absolute Gasteiger partial charge is 0.459 e. The van der Waals surface area contributed by atoms with Crippen LogP contribution in [-0.2, 0) is 4.74 Å². The molecule has 78 valence electrons. The number of carbonyl (C=O) groups excluding carboxylic acids is 1. The first-order valence-corrected chi connectivity index (χ1v) is 4.45. The second kappa shape index (κ2) is 4.71. The maximum absolute atomic E-state index is 11.1. The molecule has 0 radical (unpaired) electrons. The van der Waals surface area contributed by atoms with E-state index in [4.69, 9.17) is 5.73 Å². The van der Waals surface area contributed by atoms with E-state index in [1.165, 1.54) is 0 Å². The third-order valence-corrected chi connectivity index (χ3v) is 1.66. The molecule has 0 saturated carbocycles. The zero-order valence-corrected chi connectivity index (χ0v) is 8.19. The predicted molar refractivity (Wildman–Crippen MR) is 47.5 cm³/mol. The Morgan fingerprint density at radius 3 is 2.93 bits per heavy atom. The van der Waals surface area contributed by atoms with Crippen molar-refractivity contribution in [2.24, 2.45) is 5.73 Å². The van der Waals surface area contributed by atoms with E-state index in [0.717, 1.165) is 0 Å². The summed E-state index contributed by atoms with van der Waals surface area (Å²) in [4.78, 5) is 14.9. The number of nitrogens with two attached hydrogens (primary N) is 1. The van der Waals surface area contributed by atoms with E-state index in [1.54, 1.807) is 6.92 Å². The van der Waals surface area contributed by atoms with E-state index in [0.29, 0.717) is 12.2 Å². The lowest BCUT2D eigenvalue weighted by molar-refractivity contribution is 0.0470. The van der Waals surface area contributed by atoms with E-state index in [-0.39, 0.29) is 18.5 Å². The maximum atomic E-state index is 11.1. The van der Waals surface area contributed by atoms with E-state index >= 15 is 0 Å². The summed E-state index contributed by atoms with van der Waals surface area (Å²) in [6.45, 7) is 3.87. The van der Waals surface area contributed by atoms with Crippen molar-refractivity contribution in [3.63, 3.8) is 0 Å². The van der Waals surface area contributed by atoms with Crippen molar-refractivity contribution in [1.29, 1.82) is 0 Å². The summed E-state index contributed by atoms with van der Waals surface area (Å²) in [6, 6.07) is -0.304. The zero-order valence-electron chi connectivity index (χ0n) is 8.19. The molecular formula is C8H13N3O3. The van der Waals surface area contributed by atoms with Crippen LogP contribution in [0, 0.1) is 0 Å². The second-order valence-electron chi connectivity index (χ2n) is 2.69. The summed E-state index contributed by atoms with van der Waals surface area (Å²) in [5.74, 6) is -0.434. The van der Waals surface area contributed by atoms with Gasteiger partial charge in [-0.15, -0.1) is 0 Å². The number of hydrogen-bond acceptors (Lipinski definition) is 6. The van der Waals surface area contributed by atoms with Crippen molar-refractivity contribution in [3.05, 3.63) is 11.7 Å². The van der Waals surface area contributed by atoms with Crippen molar-refractivity contribution < 1.29 is 14.1 Å². The quantitative estimate of drug-likeness (QED) is 0.716. The summed E-state index contributed by atoms with van der Waals surface area (Å²) in [6.07, 6.45) is 0.682. The van der Waals surface area contributed by atoms with Crippen molar-refractivity contribution >= 4 is 5.97 Å². The number of hydrogen-bond donors (Lipinski definition) is 1. The standard InChI is InChI=1S/C8H13N3O3/c1-3-5(9)6-10-7(14-11-6)8(12)13-4-2/h5H,3-4,9H2,1-2H3. The summed E-state index contributed by atoms with van der Waals surface area (Å²) >= 11 is 0. The van der Waals surface area contributed by atoms with Gasteiger partial charge < -0.3 is 15.0 Å². The van der Waals surface area contributed by atoms with Crippen molar-refractivity contribution in [2.75, 3.05) is 6.61 Å². The Bertz CT molecular complexity index is 311. The highest BCUT2D eigenvalue weighted by molar-refractivity contribution is 5.83. The average molecular weight is 199 g/mol. The first-order chi connectivity index (χ1) is 6.69. The number of carbonyl (C=O) groups is 1. The third-order valence-electron chi connectivity index (χ3n) is 1.66. The molecule has 1 aromatic heterocycles. The van der Waals surface area contributed by atoms with Crippen LogP contribution in [0.4, 0.5) is 0 Å². The van der Waals surface area contributed by atoms with Crippen LogP contribution in [-0.4, -0.2) is 22.7 Å². The molecule has 6 nitrogen and oxygen atoms in total. The lowest BCUT2D eigenvalue weighted by atomic mass is 10.2. The Hall–Kier alpha value is -1.43. The minimum Gasteiger partial charge on any atom is -0.459 e. The van der Waals surface area contributed by atoms with E-state index in [1.807, 2.05) is 6.92 Å². The van der Waals surface area contributed by atoms with Gasteiger partial charge in [-0.25, -0.2) is 4.79 Å². The van der Waals surface area contributed by atoms with Gasteiger partial charge in [0.25, 0.3) is 0 Å². The highest BCUT2D eigenvalue weighted by Crippen LogP contribution is 2.09. The Balaban J connectivity index is 2.72. The first kappa shape index (κ1) is 10.6. The Labute approximate surface area is 81.4 Å². The molecule has 1 aromatic rings. The van der Waals surface area contributed by atoms with E-state index < -0.39 is 5.97 Å². The van der Waals surface area contributed by atoms with Gasteiger partial charge >= 0.3 is 11.9 Å². The molecule has 6 heteroatoms. The third kappa shape index (κ3) is 2.29. The topological polar surface area (TPSA) is 91.2 Å². The molecule has 0 amide bonds. The molecule has 1 atom stereocenters. The van der Waals surface area contributed by atoms with Gasteiger partial charge in [-0.05, 0) is 13.3 Å². The first-order valence-electron chi connectivity index (χ1n) is 4.45. The van der Waals surface area contributed by atoms with Gasteiger partial charge in [0.05, 0.1) is 12.6 Å². The fraction of sp³-hybridized carbons (Fsp3) is 0.625. The molecule has 1 rings (SSSR count). The summed E-state index contributed by atoms with van der Waals surface area (Å²) in [5, 5.41) is 3.58. The van der Waals surface area contributed by atoms with Gasteiger partial charge in [0.1, 0.15) is 0 Å². The fourth-order valence-electron chi connectivity index (χ4n) is 0.844. The maximum Gasteiger partial charge on any atom is 0.397 e. The van der Waals surface area contributed by atoms with Gasteiger partial charge in [0, 0.05) is 0 Å². The lowest BCUT2D eigenvalue weighted by Crippen LogP contribution is -2.11. The molecule has 0 aromatic carbocycles. The van der Waals surface area contributed by atoms with Crippen LogP contribution in [0.15, 0.2) is 4.52 Å². The lowest BCUT2D eigenvalue weighted by Gasteiger charge is -1.99. The minimum atomic E-state index is -0.616. The van der Waals surface area contributed by atoms with Crippen LogP contribution >= 0.6 is 0 Å². The molecular weight excluding hydrogens is 186 g/mol. The van der Waals surface area contributed by atoms with Crippen LogP contribution in [0.3, 0.4) is 0 Å². The molecule has 0 fully saturated rings. The minimum absolute atomic E-state index is 0.147. The molecule has 1 unspecified atom stereocenters. The van der Waals surface area contributed by atoms with Gasteiger partial charge in [-0.1, -0.05) is 12.1 Å². The van der Waals surface area contributed by atoms with Gasteiger partial charge in [-0.3, -0.25) is 0 Å². The van der Waals surface area contributed by atoms with E-state index in [2.05, 4.69) is 19.4 Å². The predicted octanol–water partition coefficient (Wildman–Crippen LogP) is 0.656. The SMILES string of the molecule is CCOC(=O)c1nc(C(N)CC)no1. The number of ether oxygens (including phenoxy) is 1. The van der Waals surface area contributed by atoms with Crippen LogP contribution < -0.4 is 5.73 Å². The molecule has 0 saturated heterocycles. The monoisotopic (exact) mass is 199 g/mol. The molecule has 14 heavy (non-hydrogen) atoms. The highest BCUT2D eigenvalue weighted by atomic mass is 16.6. The molecule has 1 heterocycles. The summed E-state index contributed by atoms with van der Waals surface area (Å²) in [5.41, 5.74) is 5.64. The van der Waals surface area contributed by atoms with Gasteiger partial charge in [0.15, 0.2) is 5.82 Å². The van der Waals surface area contributed by atoms with Gasteiger partial charge in [-0.2, -0.15) is 4.98 Å². The Morgan fingerprint density at radius 2 is 2.36 bits per heavy atom. The Kier molecular flexibility index (Phi) is 3.58. The zero-order chi connectivity index (χ0) is 10.6. The average Bonchev–Trinajstić information content (AvgIpc) is 2.66. The molecule has 0 aliphatic rings. The number of aromatic nitrogens is 2. The Morgan fingerprint density at radius 1 is 1.64 bits per heavy atom. The number of rotatable bonds is 4. The smallest absolute Gasteiger partial charge is 0.397 e. The normalized spacial score (nSPS) is 12.5. The van der Waals surface area contributed by atoms with Crippen LogP contribution in [0.1, 0.15) is 42.8 Å². The van der Waals surface area contributed by atoms with Crippen LogP contribution in [0.25, 0.3) is 0 Å². The summed E-state index contributed by atoms with van der Waals surface area (Å²) < 4.78 is 9.36. The number of nitrogens with zero attached hydrogens (tertiary/aromatic N) is 2. The number of esters is 1. The van der Waals surface area contributed by atoms with E-state index in [9.17, 15) is 4.79 Å². The van der Waals surface area contributed by atoms with Gasteiger partial charge in [0.2, 0.25) is 0 Å². The molecule has 0 aliphatic carbocycles. The fourth-order valence-corrected chi connectivity index (χ4v) is 0.844.